The van der Waals surface area contributed by atoms with Crippen LogP contribution in [0.5, 0.6) is 0 Å². The second-order valence-corrected chi connectivity index (χ2v) is 7.90. The van der Waals surface area contributed by atoms with E-state index in [0.717, 1.165) is 27.0 Å². The first-order chi connectivity index (χ1) is 14.5. The molecule has 0 spiro atoms. The maximum absolute atomic E-state index is 12.4. The highest BCUT2D eigenvalue weighted by atomic mass is 79.9. The molecule has 152 valence electrons. The van der Waals surface area contributed by atoms with Gasteiger partial charge in [-0.1, -0.05) is 45.4 Å². The van der Waals surface area contributed by atoms with Gasteiger partial charge in [-0.25, -0.2) is 0 Å². The van der Waals surface area contributed by atoms with Crippen molar-refractivity contribution in [3.8, 4) is 11.4 Å². The molecule has 2 heterocycles. The van der Waals surface area contributed by atoms with Crippen molar-refractivity contribution in [3.05, 3.63) is 87.5 Å². The molecule has 2 aromatic carbocycles. The predicted molar refractivity (Wildman–Crippen MR) is 116 cm³/mol. The van der Waals surface area contributed by atoms with Crippen molar-refractivity contribution in [2.24, 2.45) is 0 Å². The summed E-state index contributed by atoms with van der Waals surface area (Å²) < 4.78 is 8.12. The zero-order chi connectivity index (χ0) is 21.1. The molecule has 0 aliphatic heterocycles. The summed E-state index contributed by atoms with van der Waals surface area (Å²) in [5, 5.41) is 11.2. The third-order valence-corrected chi connectivity index (χ3v) is 5.10. The van der Waals surface area contributed by atoms with Gasteiger partial charge in [0.05, 0.1) is 18.8 Å². The van der Waals surface area contributed by atoms with Gasteiger partial charge in [-0.2, -0.15) is 10.1 Å². The molecule has 0 aliphatic rings. The first-order valence-corrected chi connectivity index (χ1v) is 10.2. The van der Waals surface area contributed by atoms with Crippen LogP contribution in [0.4, 0.5) is 0 Å². The number of amides is 1. The minimum atomic E-state index is -0.199. The van der Waals surface area contributed by atoms with E-state index in [1.807, 2.05) is 61.0 Å². The summed E-state index contributed by atoms with van der Waals surface area (Å²) in [4.78, 5) is 16.8. The van der Waals surface area contributed by atoms with Crippen molar-refractivity contribution in [1.82, 2.24) is 25.2 Å². The topological polar surface area (TPSA) is 85.8 Å². The van der Waals surface area contributed by atoms with E-state index in [0.29, 0.717) is 23.8 Å². The highest BCUT2D eigenvalue weighted by molar-refractivity contribution is 9.10. The Kier molecular flexibility index (Phi) is 5.76. The fourth-order valence-electron chi connectivity index (χ4n) is 3.10. The molecule has 7 nitrogen and oxygen atoms in total. The van der Waals surface area contributed by atoms with Crippen molar-refractivity contribution in [2.45, 2.75) is 26.9 Å². The van der Waals surface area contributed by atoms with E-state index in [1.54, 1.807) is 12.1 Å². The van der Waals surface area contributed by atoms with E-state index < -0.39 is 0 Å². The van der Waals surface area contributed by atoms with Crippen LogP contribution in [0.2, 0.25) is 0 Å². The molecule has 4 aromatic rings. The van der Waals surface area contributed by atoms with Crippen LogP contribution in [0.3, 0.4) is 0 Å². The summed E-state index contributed by atoms with van der Waals surface area (Å²) >= 11 is 3.42. The summed E-state index contributed by atoms with van der Waals surface area (Å²) in [6.07, 6.45) is 0. The van der Waals surface area contributed by atoms with E-state index in [2.05, 4.69) is 36.5 Å². The summed E-state index contributed by atoms with van der Waals surface area (Å²) in [6, 6.07) is 17.1. The van der Waals surface area contributed by atoms with Crippen molar-refractivity contribution in [1.29, 1.82) is 0 Å². The second kappa shape index (κ2) is 8.62. The van der Waals surface area contributed by atoms with Crippen molar-refractivity contribution >= 4 is 21.8 Å². The number of aromatic nitrogens is 4. The average molecular weight is 466 g/mol. The van der Waals surface area contributed by atoms with Gasteiger partial charge in [0, 0.05) is 21.3 Å². The molecule has 0 unspecified atom stereocenters. The minimum absolute atomic E-state index is 0.160. The molecule has 30 heavy (non-hydrogen) atoms. The molecule has 0 atom stereocenters. The standard InChI is InChI=1S/C22H20BrN5O2/c1-14-10-15(2)28(26-14)13-16-6-8-17(9-7-16)22(29)24-12-20-25-21(27-30-20)18-4-3-5-19(23)11-18/h3-11H,12-13H2,1-2H3,(H,24,29). The highest BCUT2D eigenvalue weighted by Gasteiger charge is 2.11. The zero-order valence-electron chi connectivity index (χ0n) is 16.6. The Labute approximate surface area is 182 Å². The lowest BCUT2D eigenvalue weighted by atomic mass is 10.1. The Bertz CT molecular complexity index is 1180. The Hall–Kier alpha value is -3.26. The van der Waals surface area contributed by atoms with E-state index in [9.17, 15) is 4.79 Å². The van der Waals surface area contributed by atoms with Gasteiger partial charge in [0.1, 0.15) is 0 Å². The Balaban J connectivity index is 1.36. The van der Waals surface area contributed by atoms with Crippen LogP contribution in [0.1, 0.15) is 33.2 Å². The number of carbonyl (C=O) groups excluding carboxylic acids is 1. The number of hydrogen-bond donors (Lipinski definition) is 1. The number of benzene rings is 2. The molecule has 8 heteroatoms. The molecule has 1 N–H and O–H groups in total. The second-order valence-electron chi connectivity index (χ2n) is 6.99. The van der Waals surface area contributed by atoms with Crippen LogP contribution in [0.25, 0.3) is 11.4 Å². The third kappa shape index (κ3) is 4.65. The molecule has 0 radical (unpaired) electrons. The van der Waals surface area contributed by atoms with E-state index in [-0.39, 0.29) is 12.5 Å². The zero-order valence-corrected chi connectivity index (χ0v) is 18.2. The monoisotopic (exact) mass is 465 g/mol. The van der Waals surface area contributed by atoms with Gasteiger partial charge in [-0.3, -0.25) is 9.48 Å². The average Bonchev–Trinajstić information content (AvgIpc) is 3.33. The molecular weight excluding hydrogens is 446 g/mol. The number of carbonyl (C=O) groups is 1. The first kappa shape index (κ1) is 20.0. The van der Waals surface area contributed by atoms with Crippen LogP contribution in [-0.2, 0) is 13.1 Å². The molecule has 0 fully saturated rings. The van der Waals surface area contributed by atoms with Crippen LogP contribution < -0.4 is 5.32 Å². The fourth-order valence-corrected chi connectivity index (χ4v) is 3.50. The van der Waals surface area contributed by atoms with Gasteiger partial charge in [0.25, 0.3) is 5.91 Å². The largest absolute Gasteiger partial charge is 0.343 e. The summed E-state index contributed by atoms with van der Waals surface area (Å²) in [7, 11) is 0. The summed E-state index contributed by atoms with van der Waals surface area (Å²) in [5.74, 6) is 0.628. The third-order valence-electron chi connectivity index (χ3n) is 4.60. The molecular formula is C22H20BrN5O2. The molecule has 0 saturated heterocycles. The van der Waals surface area contributed by atoms with Gasteiger partial charge in [-0.05, 0) is 49.7 Å². The van der Waals surface area contributed by atoms with Crippen LogP contribution in [-0.4, -0.2) is 25.8 Å². The van der Waals surface area contributed by atoms with Crippen LogP contribution >= 0.6 is 15.9 Å². The predicted octanol–water partition coefficient (Wildman–Crippen LogP) is 4.29. The lowest BCUT2D eigenvalue weighted by molar-refractivity contribution is 0.0946. The molecule has 4 rings (SSSR count). The number of rotatable bonds is 6. The Morgan fingerprint density at radius 1 is 1.13 bits per heavy atom. The molecule has 0 aliphatic carbocycles. The normalized spacial score (nSPS) is 10.9. The fraction of sp³-hybridized carbons (Fsp3) is 0.182. The van der Waals surface area contributed by atoms with Crippen LogP contribution in [0, 0.1) is 13.8 Å². The Morgan fingerprint density at radius 2 is 1.93 bits per heavy atom. The van der Waals surface area contributed by atoms with Gasteiger partial charge < -0.3 is 9.84 Å². The number of aryl methyl sites for hydroxylation is 2. The minimum Gasteiger partial charge on any atom is -0.343 e. The number of halogens is 1. The molecule has 2 aromatic heterocycles. The van der Waals surface area contributed by atoms with Crippen molar-refractivity contribution in [2.75, 3.05) is 0 Å². The molecule has 0 saturated carbocycles. The van der Waals surface area contributed by atoms with Crippen molar-refractivity contribution in [3.63, 3.8) is 0 Å². The molecule has 0 bridgehead atoms. The highest BCUT2D eigenvalue weighted by Crippen LogP contribution is 2.20. The maximum atomic E-state index is 12.4. The number of nitrogens with zero attached hydrogens (tertiary/aromatic N) is 4. The van der Waals surface area contributed by atoms with Gasteiger partial charge >= 0.3 is 0 Å². The Morgan fingerprint density at radius 3 is 2.63 bits per heavy atom. The van der Waals surface area contributed by atoms with Gasteiger partial charge in [0.15, 0.2) is 0 Å². The summed E-state index contributed by atoms with van der Waals surface area (Å²) in [5.41, 5.74) is 4.58. The number of hydrogen-bond acceptors (Lipinski definition) is 5. The summed E-state index contributed by atoms with van der Waals surface area (Å²) in [6.45, 7) is 4.83. The van der Waals surface area contributed by atoms with Crippen LogP contribution in [0.15, 0.2) is 63.6 Å². The van der Waals surface area contributed by atoms with E-state index in [4.69, 9.17) is 4.52 Å². The molecule has 1 amide bonds. The van der Waals surface area contributed by atoms with Gasteiger partial charge in [-0.15, -0.1) is 0 Å². The lowest BCUT2D eigenvalue weighted by Gasteiger charge is -2.06. The maximum Gasteiger partial charge on any atom is 0.251 e. The lowest BCUT2D eigenvalue weighted by Crippen LogP contribution is -2.23. The van der Waals surface area contributed by atoms with E-state index >= 15 is 0 Å². The SMILES string of the molecule is Cc1cc(C)n(Cc2ccc(C(=O)NCc3nc(-c4cccc(Br)c4)no3)cc2)n1. The van der Waals surface area contributed by atoms with Crippen molar-refractivity contribution < 1.29 is 9.32 Å². The smallest absolute Gasteiger partial charge is 0.251 e. The van der Waals surface area contributed by atoms with Gasteiger partial charge in [0.2, 0.25) is 11.7 Å². The first-order valence-electron chi connectivity index (χ1n) is 9.44. The quantitative estimate of drug-likeness (QED) is 0.458. The number of nitrogens with one attached hydrogen (secondary N) is 1. The van der Waals surface area contributed by atoms with E-state index in [1.165, 1.54) is 0 Å².